The molecule has 2 aromatic carbocycles. The summed E-state index contributed by atoms with van der Waals surface area (Å²) in [5.74, 6) is 0.838. The van der Waals surface area contributed by atoms with Gasteiger partial charge in [0.15, 0.2) is 4.80 Å². The standard InChI is InChI=1S/C28H24N2O4S/c1-4-33-27(32)24-18(3)29-28-30(25(24)19-10-6-5-7-11-19)26(31)23(35-28)16-21-13-14-22(34-21)20-12-8-9-17(2)15-20/h5-16,25H,4H2,1-3H3. The molecule has 0 aliphatic carbocycles. The van der Waals surface area contributed by atoms with Crippen LogP contribution in [0.5, 0.6) is 0 Å². The third kappa shape index (κ3) is 4.31. The zero-order valence-electron chi connectivity index (χ0n) is 19.6. The molecule has 0 N–H and O–H groups in total. The van der Waals surface area contributed by atoms with Gasteiger partial charge in [-0.15, -0.1) is 0 Å². The van der Waals surface area contributed by atoms with Crippen molar-refractivity contribution < 1.29 is 13.9 Å². The van der Waals surface area contributed by atoms with Crippen LogP contribution in [0.3, 0.4) is 0 Å². The molecule has 0 amide bonds. The molecular weight excluding hydrogens is 460 g/mol. The number of carbonyl (C=O) groups excluding carboxylic acids is 1. The summed E-state index contributed by atoms with van der Waals surface area (Å²) in [4.78, 5) is 31.7. The summed E-state index contributed by atoms with van der Waals surface area (Å²) < 4.78 is 13.4. The van der Waals surface area contributed by atoms with Crippen LogP contribution in [0.25, 0.3) is 17.4 Å². The summed E-state index contributed by atoms with van der Waals surface area (Å²) in [5.41, 5.74) is 3.62. The molecule has 1 aliphatic heterocycles. The third-order valence-corrected chi connectivity index (χ3v) is 6.82. The largest absolute Gasteiger partial charge is 0.463 e. The Kier molecular flexibility index (Phi) is 6.09. The Balaban J connectivity index is 1.63. The van der Waals surface area contributed by atoms with Gasteiger partial charge in [-0.25, -0.2) is 9.79 Å². The van der Waals surface area contributed by atoms with Gasteiger partial charge in [-0.1, -0.05) is 65.4 Å². The summed E-state index contributed by atoms with van der Waals surface area (Å²) >= 11 is 1.28. The second-order valence-electron chi connectivity index (χ2n) is 8.28. The van der Waals surface area contributed by atoms with Crippen LogP contribution in [0.4, 0.5) is 0 Å². The van der Waals surface area contributed by atoms with Gasteiger partial charge in [0.25, 0.3) is 5.56 Å². The molecule has 1 unspecified atom stereocenters. The van der Waals surface area contributed by atoms with Crippen molar-refractivity contribution in [2.45, 2.75) is 26.8 Å². The van der Waals surface area contributed by atoms with Crippen molar-refractivity contribution >= 4 is 23.4 Å². The highest BCUT2D eigenvalue weighted by Gasteiger charge is 2.33. The van der Waals surface area contributed by atoms with E-state index in [4.69, 9.17) is 9.15 Å². The van der Waals surface area contributed by atoms with E-state index in [1.165, 1.54) is 11.3 Å². The predicted octanol–water partition coefficient (Wildman–Crippen LogP) is 4.37. The second-order valence-corrected chi connectivity index (χ2v) is 9.29. The molecular formula is C28H24N2O4S. The maximum Gasteiger partial charge on any atom is 0.338 e. The summed E-state index contributed by atoms with van der Waals surface area (Å²) in [5, 5.41) is 0. The van der Waals surface area contributed by atoms with E-state index in [0.29, 0.717) is 26.4 Å². The number of fused-ring (bicyclic) bond motifs is 1. The van der Waals surface area contributed by atoms with Gasteiger partial charge in [-0.2, -0.15) is 0 Å². The van der Waals surface area contributed by atoms with E-state index in [1.54, 1.807) is 24.5 Å². The minimum Gasteiger partial charge on any atom is -0.463 e. The predicted molar refractivity (Wildman–Crippen MR) is 136 cm³/mol. The molecule has 7 heteroatoms. The summed E-state index contributed by atoms with van der Waals surface area (Å²) in [6, 6.07) is 20.7. The van der Waals surface area contributed by atoms with Crippen LogP contribution in [0.15, 0.2) is 92.2 Å². The van der Waals surface area contributed by atoms with Crippen LogP contribution in [0.2, 0.25) is 0 Å². The Morgan fingerprint density at radius 3 is 2.66 bits per heavy atom. The number of thiazole rings is 1. The molecule has 5 rings (SSSR count). The molecule has 0 saturated heterocycles. The van der Waals surface area contributed by atoms with E-state index in [2.05, 4.69) is 11.1 Å². The average Bonchev–Trinajstić information content (AvgIpc) is 3.43. The lowest BCUT2D eigenvalue weighted by Gasteiger charge is -2.24. The molecule has 6 nitrogen and oxygen atoms in total. The van der Waals surface area contributed by atoms with Crippen molar-refractivity contribution in [3.05, 3.63) is 115 Å². The first-order valence-electron chi connectivity index (χ1n) is 11.4. The number of rotatable bonds is 5. The van der Waals surface area contributed by atoms with Crippen LogP contribution in [-0.4, -0.2) is 17.1 Å². The first-order chi connectivity index (χ1) is 17.0. The van der Waals surface area contributed by atoms with E-state index in [1.807, 2.05) is 67.6 Å². The zero-order chi connectivity index (χ0) is 24.5. The number of aryl methyl sites for hydroxylation is 1. The molecule has 176 valence electrons. The molecule has 0 bridgehead atoms. The fraction of sp³-hybridized carbons (Fsp3) is 0.179. The Hall–Kier alpha value is -3.97. The van der Waals surface area contributed by atoms with Gasteiger partial charge in [0.05, 0.1) is 28.5 Å². The summed E-state index contributed by atoms with van der Waals surface area (Å²) in [6.07, 6.45) is 1.73. The van der Waals surface area contributed by atoms with Crippen LogP contribution >= 0.6 is 11.3 Å². The number of allylic oxidation sites excluding steroid dienone is 1. The number of carbonyl (C=O) groups is 1. The molecule has 0 radical (unpaired) electrons. The minimum atomic E-state index is -0.617. The highest BCUT2D eigenvalue weighted by atomic mass is 32.1. The van der Waals surface area contributed by atoms with Crippen molar-refractivity contribution in [1.82, 2.24) is 4.57 Å². The first kappa shape index (κ1) is 22.8. The fourth-order valence-electron chi connectivity index (χ4n) is 4.26. The Bertz CT molecular complexity index is 1620. The second kappa shape index (κ2) is 9.35. The van der Waals surface area contributed by atoms with Crippen molar-refractivity contribution in [2.75, 3.05) is 6.61 Å². The Morgan fingerprint density at radius 1 is 1.11 bits per heavy atom. The average molecular weight is 485 g/mol. The van der Waals surface area contributed by atoms with Crippen LogP contribution in [0, 0.1) is 6.92 Å². The van der Waals surface area contributed by atoms with Gasteiger partial charge in [0.2, 0.25) is 0 Å². The molecule has 0 saturated carbocycles. The number of ether oxygens (including phenoxy) is 1. The Morgan fingerprint density at radius 2 is 1.91 bits per heavy atom. The molecule has 0 fully saturated rings. The number of benzene rings is 2. The highest BCUT2D eigenvalue weighted by Crippen LogP contribution is 2.30. The topological polar surface area (TPSA) is 73.8 Å². The summed E-state index contributed by atoms with van der Waals surface area (Å²) in [6.45, 7) is 5.81. The van der Waals surface area contributed by atoms with Crippen LogP contribution in [-0.2, 0) is 9.53 Å². The minimum absolute atomic E-state index is 0.231. The van der Waals surface area contributed by atoms with Crippen molar-refractivity contribution in [3.63, 3.8) is 0 Å². The zero-order valence-corrected chi connectivity index (χ0v) is 20.5. The lowest BCUT2D eigenvalue weighted by Crippen LogP contribution is -2.39. The van der Waals surface area contributed by atoms with Crippen molar-refractivity contribution in [1.29, 1.82) is 0 Å². The molecule has 2 aromatic heterocycles. The Labute approximate surface area is 206 Å². The molecule has 4 aromatic rings. The van der Waals surface area contributed by atoms with Gasteiger partial charge >= 0.3 is 5.97 Å². The number of nitrogens with zero attached hydrogens (tertiary/aromatic N) is 2. The molecule has 0 spiro atoms. The number of hydrogen-bond acceptors (Lipinski definition) is 6. The molecule has 1 aliphatic rings. The number of hydrogen-bond donors (Lipinski definition) is 0. The maximum atomic E-state index is 13.6. The van der Waals surface area contributed by atoms with E-state index in [-0.39, 0.29) is 12.2 Å². The number of esters is 1. The van der Waals surface area contributed by atoms with Crippen molar-refractivity contribution in [3.8, 4) is 11.3 Å². The van der Waals surface area contributed by atoms with Crippen molar-refractivity contribution in [2.24, 2.45) is 4.99 Å². The first-order valence-corrected chi connectivity index (χ1v) is 12.2. The monoisotopic (exact) mass is 484 g/mol. The van der Waals surface area contributed by atoms with Crippen LogP contribution in [0.1, 0.15) is 36.8 Å². The summed E-state index contributed by atoms with van der Waals surface area (Å²) in [7, 11) is 0. The van der Waals surface area contributed by atoms with E-state index in [9.17, 15) is 9.59 Å². The fourth-order valence-corrected chi connectivity index (χ4v) is 5.28. The maximum absolute atomic E-state index is 13.6. The molecule has 35 heavy (non-hydrogen) atoms. The lowest BCUT2D eigenvalue weighted by molar-refractivity contribution is -0.139. The normalized spacial score (nSPS) is 15.6. The van der Waals surface area contributed by atoms with Gasteiger partial charge in [-0.05, 0) is 44.5 Å². The van der Waals surface area contributed by atoms with E-state index < -0.39 is 12.0 Å². The lowest BCUT2D eigenvalue weighted by atomic mass is 9.96. The van der Waals surface area contributed by atoms with E-state index in [0.717, 1.165) is 22.5 Å². The van der Waals surface area contributed by atoms with E-state index >= 15 is 0 Å². The highest BCUT2D eigenvalue weighted by molar-refractivity contribution is 7.07. The number of aromatic nitrogens is 1. The van der Waals surface area contributed by atoms with Gasteiger partial charge in [-0.3, -0.25) is 9.36 Å². The smallest absolute Gasteiger partial charge is 0.338 e. The van der Waals surface area contributed by atoms with Gasteiger partial charge in [0, 0.05) is 11.6 Å². The van der Waals surface area contributed by atoms with Gasteiger partial charge in [0.1, 0.15) is 11.5 Å². The molecule has 1 atom stereocenters. The van der Waals surface area contributed by atoms with Crippen LogP contribution < -0.4 is 14.9 Å². The third-order valence-electron chi connectivity index (χ3n) is 5.84. The van der Waals surface area contributed by atoms with Gasteiger partial charge < -0.3 is 9.15 Å². The molecule has 3 heterocycles. The quantitative estimate of drug-likeness (QED) is 0.395. The SMILES string of the molecule is CCOC(=O)C1=C(C)N=c2sc(=Cc3ccc(-c4cccc(C)c4)o3)c(=O)n2C1c1ccccc1. The number of furan rings is 1.